The third-order valence-electron chi connectivity index (χ3n) is 6.37. The van der Waals surface area contributed by atoms with Gasteiger partial charge in [-0.25, -0.2) is 9.10 Å². The number of nitrogens with zero attached hydrogens (tertiary/aromatic N) is 2. The van der Waals surface area contributed by atoms with Gasteiger partial charge in [0.05, 0.1) is 11.9 Å². The van der Waals surface area contributed by atoms with Crippen molar-refractivity contribution in [1.82, 2.24) is 14.5 Å². The summed E-state index contributed by atoms with van der Waals surface area (Å²) < 4.78 is 6.65. The standard InChI is InChI=1S/C18H27N3OS2.C8H15NO3/c1-18(2)16(21(24-18)11-15(19)12-23-3)17(22)20-9-8-13-6-4-5-7-14(13)10-20;1-3-4-5-7(9-6-10)8(11)12-2/h4-7,15-16H,8-12,19H2,1-3H3;6-7H,3-5H2,1-2H3,(H,9,10)/t15-,16-;7-/m10/s1. The smallest absolute Gasteiger partial charge is 0.328 e. The van der Waals surface area contributed by atoms with E-state index in [2.05, 4.69) is 58.7 Å². The predicted octanol–water partition coefficient (Wildman–Crippen LogP) is 2.84. The topological polar surface area (TPSA) is 105 Å². The fourth-order valence-electron chi connectivity index (χ4n) is 4.52. The van der Waals surface area contributed by atoms with Crippen molar-refractivity contribution in [2.75, 3.05) is 32.2 Å². The molecule has 8 nitrogen and oxygen atoms in total. The van der Waals surface area contributed by atoms with E-state index in [9.17, 15) is 14.4 Å². The number of amides is 2. The first-order valence-corrected chi connectivity index (χ1v) is 14.7. The summed E-state index contributed by atoms with van der Waals surface area (Å²) in [5.74, 6) is 0.801. The third kappa shape index (κ3) is 8.39. The second-order valence-electron chi connectivity index (χ2n) is 9.69. The second-order valence-corrected chi connectivity index (χ2v) is 12.3. The van der Waals surface area contributed by atoms with Crippen LogP contribution in [0, 0.1) is 0 Å². The number of ether oxygens (including phenoxy) is 1. The number of benzene rings is 1. The number of carbonyl (C=O) groups is 3. The van der Waals surface area contributed by atoms with Gasteiger partial charge in [-0.3, -0.25) is 9.59 Å². The van der Waals surface area contributed by atoms with Gasteiger partial charge in [-0.05, 0) is 44.1 Å². The van der Waals surface area contributed by atoms with E-state index >= 15 is 0 Å². The van der Waals surface area contributed by atoms with Gasteiger partial charge >= 0.3 is 5.97 Å². The van der Waals surface area contributed by atoms with Crippen molar-refractivity contribution in [2.45, 2.75) is 75.9 Å². The van der Waals surface area contributed by atoms with Crippen LogP contribution in [0.4, 0.5) is 0 Å². The quantitative estimate of drug-likeness (QED) is 0.252. The lowest BCUT2D eigenvalue weighted by Crippen LogP contribution is -2.65. The molecule has 2 amide bonds. The molecule has 0 saturated carbocycles. The number of thioether (sulfide) groups is 1. The molecule has 2 aliphatic rings. The molecule has 0 aliphatic carbocycles. The Hall–Kier alpha value is -1.75. The molecular weight excluding hydrogens is 496 g/mol. The van der Waals surface area contributed by atoms with Crippen LogP contribution in [0.3, 0.4) is 0 Å². The average Bonchev–Trinajstić information content (AvgIpc) is 2.85. The average molecular weight is 539 g/mol. The highest BCUT2D eigenvalue weighted by molar-refractivity contribution is 8.00. The number of carbonyl (C=O) groups excluding carboxylic acids is 3. The number of nitrogens with two attached hydrogens (primary N) is 1. The molecule has 0 aromatic heterocycles. The summed E-state index contributed by atoms with van der Waals surface area (Å²) in [6, 6.07) is 8.02. The van der Waals surface area contributed by atoms with Crippen molar-refractivity contribution in [2.24, 2.45) is 5.73 Å². The van der Waals surface area contributed by atoms with E-state index < -0.39 is 6.04 Å². The predicted molar refractivity (Wildman–Crippen MR) is 149 cm³/mol. The van der Waals surface area contributed by atoms with E-state index in [1.165, 1.54) is 18.2 Å². The SMILES string of the molecule is CCCC[C@H](NC=O)C(=O)OC.CSC[C@H](N)CN1SC(C)(C)[C@H]1C(=O)N1CCc2ccccc2C1. The number of fused-ring (bicyclic) bond motifs is 1. The Morgan fingerprint density at radius 1 is 1.33 bits per heavy atom. The molecule has 36 heavy (non-hydrogen) atoms. The van der Waals surface area contributed by atoms with Crippen LogP contribution < -0.4 is 11.1 Å². The Bertz CT molecular complexity index is 870. The van der Waals surface area contributed by atoms with Crippen molar-refractivity contribution < 1.29 is 19.1 Å². The molecule has 3 N–H and O–H groups in total. The summed E-state index contributed by atoms with van der Waals surface area (Å²) in [5, 5.41) is 2.41. The Morgan fingerprint density at radius 3 is 2.61 bits per heavy atom. The van der Waals surface area contributed by atoms with Gasteiger partial charge < -0.3 is 20.7 Å². The van der Waals surface area contributed by atoms with Gasteiger partial charge in [0.15, 0.2) is 0 Å². The molecular formula is C26H42N4O4S2. The fraction of sp³-hybridized carbons (Fsp3) is 0.654. The van der Waals surface area contributed by atoms with Crippen LogP contribution in [0.2, 0.25) is 0 Å². The van der Waals surface area contributed by atoms with Crippen molar-refractivity contribution in [3.8, 4) is 0 Å². The first-order valence-electron chi connectivity index (χ1n) is 12.5. The Labute approximate surface area is 224 Å². The van der Waals surface area contributed by atoms with E-state index in [4.69, 9.17) is 5.73 Å². The molecule has 1 fully saturated rings. The van der Waals surface area contributed by atoms with Crippen LogP contribution in [-0.2, 0) is 32.1 Å². The van der Waals surface area contributed by atoms with Gasteiger partial charge in [0.25, 0.3) is 0 Å². The zero-order valence-corrected chi connectivity index (χ0v) is 23.8. The number of rotatable bonds is 11. The van der Waals surface area contributed by atoms with E-state index in [1.54, 1.807) is 23.7 Å². The molecule has 202 valence electrons. The summed E-state index contributed by atoms with van der Waals surface area (Å²) in [7, 11) is 1.31. The maximum Gasteiger partial charge on any atom is 0.328 e. The summed E-state index contributed by atoms with van der Waals surface area (Å²) in [6.07, 6.45) is 6.09. The van der Waals surface area contributed by atoms with E-state index in [0.29, 0.717) is 12.8 Å². The highest BCUT2D eigenvalue weighted by atomic mass is 32.2. The molecule has 10 heteroatoms. The molecule has 1 aromatic rings. The largest absolute Gasteiger partial charge is 0.467 e. The van der Waals surface area contributed by atoms with Gasteiger partial charge in [0.2, 0.25) is 12.3 Å². The van der Waals surface area contributed by atoms with Gasteiger partial charge in [-0.15, -0.1) is 0 Å². The summed E-state index contributed by atoms with van der Waals surface area (Å²) >= 11 is 3.53. The number of hydrogen-bond donors (Lipinski definition) is 2. The molecule has 2 heterocycles. The van der Waals surface area contributed by atoms with Gasteiger partial charge in [0.1, 0.15) is 12.1 Å². The number of nitrogens with one attached hydrogen (secondary N) is 1. The van der Waals surface area contributed by atoms with Crippen molar-refractivity contribution in [1.29, 1.82) is 0 Å². The molecule has 2 aliphatic heterocycles. The zero-order chi connectivity index (χ0) is 26.7. The number of esters is 1. The first-order chi connectivity index (χ1) is 17.2. The highest BCUT2D eigenvalue weighted by Gasteiger charge is 2.53. The summed E-state index contributed by atoms with van der Waals surface area (Å²) in [4.78, 5) is 36.3. The van der Waals surface area contributed by atoms with Crippen LogP contribution in [-0.4, -0.2) is 82.6 Å². The fourth-order valence-corrected chi connectivity index (χ4v) is 6.55. The molecule has 0 unspecified atom stereocenters. The van der Waals surface area contributed by atoms with Gasteiger partial charge in [-0.2, -0.15) is 11.8 Å². The van der Waals surface area contributed by atoms with E-state index in [0.717, 1.165) is 44.6 Å². The zero-order valence-electron chi connectivity index (χ0n) is 22.2. The van der Waals surface area contributed by atoms with Gasteiger partial charge in [0, 0.05) is 31.4 Å². The third-order valence-corrected chi connectivity index (χ3v) is 8.42. The molecule has 3 atom stereocenters. The Kier molecular flexibility index (Phi) is 12.6. The van der Waals surface area contributed by atoms with Crippen molar-refractivity contribution in [3.63, 3.8) is 0 Å². The lowest BCUT2D eigenvalue weighted by molar-refractivity contribution is -0.144. The van der Waals surface area contributed by atoms with Crippen molar-refractivity contribution >= 4 is 42.0 Å². The molecule has 0 radical (unpaired) electrons. The maximum absolute atomic E-state index is 13.2. The minimum Gasteiger partial charge on any atom is -0.467 e. The second kappa shape index (κ2) is 14.9. The highest BCUT2D eigenvalue weighted by Crippen LogP contribution is 2.47. The minimum atomic E-state index is -0.479. The minimum absolute atomic E-state index is 0.0485. The maximum atomic E-state index is 13.2. The van der Waals surface area contributed by atoms with E-state index in [1.807, 2.05) is 11.8 Å². The monoisotopic (exact) mass is 538 g/mol. The Morgan fingerprint density at radius 2 is 2.03 bits per heavy atom. The lowest BCUT2D eigenvalue weighted by Gasteiger charge is -2.53. The normalized spacial score (nSPS) is 20.1. The van der Waals surface area contributed by atoms with Crippen LogP contribution in [0.15, 0.2) is 24.3 Å². The van der Waals surface area contributed by atoms with E-state index in [-0.39, 0.29) is 28.7 Å². The number of unbranched alkanes of at least 4 members (excludes halogenated alkanes) is 1. The molecule has 3 rings (SSSR count). The van der Waals surface area contributed by atoms with Crippen LogP contribution in [0.25, 0.3) is 0 Å². The number of methoxy groups -OCH3 is 1. The summed E-state index contributed by atoms with van der Waals surface area (Å²) in [6.45, 7) is 8.67. The van der Waals surface area contributed by atoms with Crippen LogP contribution in [0.5, 0.6) is 0 Å². The molecule has 0 bridgehead atoms. The summed E-state index contributed by atoms with van der Waals surface area (Å²) in [5.41, 5.74) is 8.85. The number of hydrogen-bond acceptors (Lipinski definition) is 8. The first kappa shape index (κ1) is 30.5. The van der Waals surface area contributed by atoms with Crippen LogP contribution >= 0.6 is 23.7 Å². The molecule has 0 spiro atoms. The molecule has 1 saturated heterocycles. The molecule has 1 aromatic carbocycles. The van der Waals surface area contributed by atoms with Crippen molar-refractivity contribution in [3.05, 3.63) is 35.4 Å². The lowest BCUT2D eigenvalue weighted by atomic mass is 9.96. The van der Waals surface area contributed by atoms with Gasteiger partial charge in [-0.1, -0.05) is 56.0 Å². The van der Waals surface area contributed by atoms with Crippen LogP contribution in [0.1, 0.15) is 51.2 Å². The Balaban J connectivity index is 0.000000324.